The van der Waals surface area contributed by atoms with Crippen LogP contribution in [0, 0.1) is 5.82 Å². The lowest BCUT2D eigenvalue weighted by Crippen LogP contribution is -2.38. The van der Waals surface area contributed by atoms with Crippen molar-refractivity contribution in [3.05, 3.63) is 71.9 Å². The summed E-state index contributed by atoms with van der Waals surface area (Å²) >= 11 is 0. The molecule has 1 aromatic carbocycles. The summed E-state index contributed by atoms with van der Waals surface area (Å²) in [7, 11) is 3.73. The van der Waals surface area contributed by atoms with Gasteiger partial charge in [0, 0.05) is 42.3 Å². The molecule has 2 N–H and O–H groups in total. The second-order valence-electron chi connectivity index (χ2n) is 8.93. The Morgan fingerprint density at radius 2 is 1.86 bits per heavy atom. The van der Waals surface area contributed by atoms with Crippen LogP contribution in [-0.2, 0) is 6.42 Å². The van der Waals surface area contributed by atoms with Gasteiger partial charge in [0.25, 0.3) is 5.91 Å². The van der Waals surface area contributed by atoms with Gasteiger partial charge in [0.05, 0.1) is 30.3 Å². The summed E-state index contributed by atoms with van der Waals surface area (Å²) in [5.41, 5.74) is 1.44. The Hall–Kier alpha value is -3.57. The highest BCUT2D eigenvalue weighted by Crippen LogP contribution is 2.33. The molecule has 190 valence electrons. The number of aliphatic hydroxyl groups excluding tert-OH is 1. The molecule has 0 radical (unpaired) electrons. The number of amides is 1. The van der Waals surface area contributed by atoms with Gasteiger partial charge < -0.3 is 20.2 Å². The molecular formula is C25H25F4N5O2. The fourth-order valence-corrected chi connectivity index (χ4v) is 4.20. The number of likely N-dealkylation sites (N-methyl/N-ethyl adjacent to an activating group) is 1. The highest BCUT2D eigenvalue weighted by atomic mass is 19.4. The minimum Gasteiger partial charge on any atom is -0.390 e. The largest absolute Gasteiger partial charge is 0.393 e. The molecule has 0 unspecified atom stereocenters. The van der Waals surface area contributed by atoms with Crippen LogP contribution in [0.5, 0.6) is 0 Å². The van der Waals surface area contributed by atoms with Gasteiger partial charge in [-0.1, -0.05) is 12.1 Å². The van der Waals surface area contributed by atoms with Crippen LogP contribution < -0.4 is 10.2 Å². The molecule has 1 saturated heterocycles. The number of benzene rings is 1. The second kappa shape index (κ2) is 10.2. The molecule has 2 atom stereocenters. The van der Waals surface area contributed by atoms with E-state index in [0.29, 0.717) is 35.7 Å². The van der Waals surface area contributed by atoms with Gasteiger partial charge >= 0.3 is 6.18 Å². The van der Waals surface area contributed by atoms with Crippen LogP contribution in [0.2, 0.25) is 0 Å². The highest BCUT2D eigenvalue weighted by molar-refractivity contribution is 6.05. The molecule has 0 spiro atoms. The fourth-order valence-electron chi connectivity index (χ4n) is 4.20. The number of rotatable bonds is 6. The van der Waals surface area contributed by atoms with Gasteiger partial charge in [-0.3, -0.25) is 9.78 Å². The van der Waals surface area contributed by atoms with E-state index >= 15 is 0 Å². The smallest absolute Gasteiger partial charge is 0.390 e. The van der Waals surface area contributed by atoms with Gasteiger partial charge in [0.1, 0.15) is 11.6 Å². The van der Waals surface area contributed by atoms with Gasteiger partial charge in [-0.25, -0.2) is 9.37 Å². The minimum absolute atomic E-state index is 0.0799. The quantitative estimate of drug-likeness (QED) is 0.499. The Bertz CT molecular complexity index is 1230. The number of anilines is 2. The zero-order chi connectivity index (χ0) is 26.0. The van der Waals surface area contributed by atoms with Crippen molar-refractivity contribution in [3.8, 4) is 11.1 Å². The van der Waals surface area contributed by atoms with Crippen molar-refractivity contribution in [2.75, 3.05) is 37.4 Å². The van der Waals surface area contributed by atoms with Crippen LogP contribution in [0.25, 0.3) is 11.1 Å². The number of halogens is 4. The van der Waals surface area contributed by atoms with Crippen molar-refractivity contribution in [2.24, 2.45) is 0 Å². The lowest BCUT2D eigenvalue weighted by molar-refractivity contribution is -0.127. The van der Waals surface area contributed by atoms with Gasteiger partial charge in [-0.05, 0) is 43.9 Å². The number of nitrogens with one attached hydrogen (secondary N) is 1. The third kappa shape index (κ3) is 5.97. The number of carbonyl (C=O) groups excluding carboxylic acids is 1. The number of β-amino-alcohol motifs (C(OH)–C–C–N with tert-alkyl or cyclic N) is 1. The van der Waals surface area contributed by atoms with E-state index in [4.69, 9.17) is 0 Å². The lowest BCUT2D eigenvalue weighted by atomic mass is 10.1. The van der Waals surface area contributed by atoms with Crippen LogP contribution >= 0.6 is 0 Å². The Kier molecular flexibility index (Phi) is 7.23. The molecule has 3 aromatic rings. The highest BCUT2D eigenvalue weighted by Gasteiger charge is 2.34. The average molecular weight is 504 g/mol. The van der Waals surface area contributed by atoms with Crippen molar-refractivity contribution in [1.29, 1.82) is 0 Å². The molecule has 0 bridgehead atoms. The van der Waals surface area contributed by atoms with Crippen molar-refractivity contribution in [2.45, 2.75) is 24.7 Å². The van der Waals surface area contributed by atoms with Crippen LogP contribution in [0.3, 0.4) is 0 Å². The number of carbonyl (C=O) groups is 1. The Labute approximate surface area is 205 Å². The first kappa shape index (κ1) is 25.5. The van der Waals surface area contributed by atoms with E-state index < -0.39 is 30.4 Å². The number of aliphatic hydroxyl groups is 1. The maximum atomic E-state index is 14.0. The topological polar surface area (TPSA) is 81.6 Å². The van der Waals surface area contributed by atoms with E-state index in [1.54, 1.807) is 6.07 Å². The molecular weight excluding hydrogens is 478 g/mol. The molecule has 2 aromatic heterocycles. The van der Waals surface area contributed by atoms with Gasteiger partial charge in [0.2, 0.25) is 0 Å². The van der Waals surface area contributed by atoms with E-state index in [1.807, 2.05) is 23.9 Å². The van der Waals surface area contributed by atoms with Crippen LogP contribution in [-0.4, -0.2) is 71.4 Å². The molecule has 0 aliphatic carbocycles. The zero-order valence-electron chi connectivity index (χ0n) is 19.6. The van der Waals surface area contributed by atoms with Gasteiger partial charge in [-0.2, -0.15) is 13.2 Å². The van der Waals surface area contributed by atoms with Crippen molar-refractivity contribution in [3.63, 3.8) is 0 Å². The molecule has 36 heavy (non-hydrogen) atoms. The SMILES string of the molecule is CN(C)[C@H]1CN(c2ncc(C(=O)Nc3ccc(CC(F)(F)F)cc3)cc2-c2cncc(F)c2)C[C@@H]1O. The monoisotopic (exact) mass is 503 g/mol. The number of nitrogens with zero attached hydrogens (tertiary/aromatic N) is 4. The summed E-state index contributed by atoms with van der Waals surface area (Å²) in [5, 5.41) is 13.1. The summed E-state index contributed by atoms with van der Waals surface area (Å²) in [4.78, 5) is 25.1. The average Bonchev–Trinajstić information content (AvgIpc) is 3.21. The Morgan fingerprint density at radius 3 is 2.47 bits per heavy atom. The summed E-state index contributed by atoms with van der Waals surface area (Å²) in [6, 6.07) is 8.10. The predicted molar refractivity (Wildman–Crippen MR) is 127 cm³/mol. The van der Waals surface area contributed by atoms with E-state index in [9.17, 15) is 27.5 Å². The van der Waals surface area contributed by atoms with Crippen molar-refractivity contribution >= 4 is 17.4 Å². The number of pyridine rings is 2. The summed E-state index contributed by atoms with van der Waals surface area (Å²) in [5.74, 6) is -0.616. The summed E-state index contributed by atoms with van der Waals surface area (Å²) < 4.78 is 51.7. The Morgan fingerprint density at radius 1 is 1.14 bits per heavy atom. The first-order chi connectivity index (χ1) is 17.0. The third-order valence-electron chi connectivity index (χ3n) is 5.98. The first-order valence-corrected chi connectivity index (χ1v) is 11.2. The molecule has 1 aliphatic rings. The predicted octanol–water partition coefficient (Wildman–Crippen LogP) is 3.75. The number of aromatic nitrogens is 2. The van der Waals surface area contributed by atoms with Crippen molar-refractivity contribution in [1.82, 2.24) is 14.9 Å². The lowest BCUT2D eigenvalue weighted by Gasteiger charge is -2.23. The van der Waals surface area contributed by atoms with Gasteiger partial charge in [-0.15, -0.1) is 0 Å². The second-order valence-corrected chi connectivity index (χ2v) is 8.93. The summed E-state index contributed by atoms with van der Waals surface area (Å²) in [6.45, 7) is 0.786. The number of hydrogen-bond acceptors (Lipinski definition) is 6. The maximum Gasteiger partial charge on any atom is 0.393 e. The van der Waals surface area contributed by atoms with E-state index in [-0.39, 0.29) is 17.2 Å². The molecule has 4 rings (SSSR count). The number of alkyl halides is 3. The first-order valence-electron chi connectivity index (χ1n) is 11.2. The van der Waals surface area contributed by atoms with Crippen LogP contribution in [0.15, 0.2) is 55.0 Å². The molecule has 1 aliphatic heterocycles. The Balaban J connectivity index is 1.62. The maximum absolute atomic E-state index is 14.0. The van der Waals surface area contributed by atoms with Crippen molar-refractivity contribution < 1.29 is 27.5 Å². The molecule has 1 fully saturated rings. The van der Waals surface area contributed by atoms with Gasteiger partial charge in [0.15, 0.2) is 0 Å². The normalized spacial score (nSPS) is 18.1. The number of hydrogen-bond donors (Lipinski definition) is 2. The van der Waals surface area contributed by atoms with E-state index in [0.717, 1.165) is 6.20 Å². The molecule has 1 amide bonds. The van der Waals surface area contributed by atoms with Crippen LogP contribution in [0.4, 0.5) is 29.1 Å². The van der Waals surface area contributed by atoms with E-state index in [2.05, 4.69) is 15.3 Å². The molecule has 11 heteroatoms. The third-order valence-corrected chi connectivity index (χ3v) is 5.98. The fraction of sp³-hybridized carbons (Fsp3) is 0.320. The minimum atomic E-state index is -4.32. The molecule has 3 heterocycles. The zero-order valence-corrected chi connectivity index (χ0v) is 19.6. The summed E-state index contributed by atoms with van der Waals surface area (Å²) in [6.07, 6.45) is -2.11. The molecule has 7 nitrogen and oxygen atoms in total. The van der Waals surface area contributed by atoms with E-state index in [1.165, 1.54) is 42.7 Å². The molecule has 0 saturated carbocycles. The van der Waals surface area contributed by atoms with Crippen LogP contribution in [0.1, 0.15) is 15.9 Å². The standard InChI is InChI=1S/C25H25F4N5O2/c1-33(2)21-13-34(14-22(21)35)23-20(16-7-18(26)12-30-10-16)8-17(11-31-23)24(36)32-19-5-3-15(4-6-19)9-25(27,28)29/h3-8,10-12,21-22,35H,9,13-14H2,1-2H3,(H,32,36)/t21-,22-/m0/s1.